The van der Waals surface area contributed by atoms with E-state index in [0.29, 0.717) is 13.1 Å². The Morgan fingerprint density at radius 1 is 1.44 bits per heavy atom. The second kappa shape index (κ2) is 6.67. The van der Waals surface area contributed by atoms with Crippen LogP contribution in [0.3, 0.4) is 0 Å². The lowest BCUT2D eigenvalue weighted by molar-refractivity contribution is 0.217. The van der Waals surface area contributed by atoms with E-state index in [9.17, 15) is 8.42 Å². The molecule has 0 amide bonds. The summed E-state index contributed by atoms with van der Waals surface area (Å²) >= 11 is 0. The molecule has 1 aromatic heterocycles. The Kier molecular flexibility index (Phi) is 5.51. The van der Waals surface area contributed by atoms with E-state index in [-0.39, 0.29) is 18.1 Å². The highest BCUT2D eigenvalue weighted by molar-refractivity contribution is 7.91. The second-order valence-corrected chi connectivity index (χ2v) is 5.70. The highest BCUT2D eigenvalue weighted by Gasteiger charge is 2.09. The Hall–Kier alpha value is -0.850. The molecule has 0 aliphatic rings. The van der Waals surface area contributed by atoms with Gasteiger partial charge < -0.3 is 14.5 Å². The van der Waals surface area contributed by atoms with Crippen LogP contribution in [0, 0.1) is 0 Å². The van der Waals surface area contributed by atoms with Gasteiger partial charge in [0.1, 0.15) is 5.76 Å². The number of methoxy groups -OCH3 is 1. The zero-order valence-corrected chi connectivity index (χ0v) is 10.1. The molecule has 0 saturated carbocycles. The van der Waals surface area contributed by atoms with Crippen LogP contribution < -0.4 is 5.32 Å². The van der Waals surface area contributed by atoms with Crippen molar-refractivity contribution >= 4 is 9.84 Å². The third kappa shape index (κ3) is 5.29. The first-order valence-electron chi connectivity index (χ1n) is 5.06. The Balaban J connectivity index is 2.15. The molecule has 0 aliphatic heterocycles. The molecule has 1 heterocycles. The van der Waals surface area contributed by atoms with Gasteiger partial charge in [0.05, 0.1) is 30.9 Å². The molecule has 1 aromatic rings. The Bertz CT molecular complexity index is 372. The summed E-state index contributed by atoms with van der Waals surface area (Å²) in [5.74, 6) is 0.998. The summed E-state index contributed by atoms with van der Waals surface area (Å²) < 4.78 is 32.6. The molecule has 0 unspecified atom stereocenters. The summed E-state index contributed by atoms with van der Waals surface area (Å²) in [7, 11) is -1.51. The van der Waals surface area contributed by atoms with Gasteiger partial charge in [0.2, 0.25) is 0 Å². The van der Waals surface area contributed by atoms with E-state index in [0.717, 1.165) is 5.76 Å². The molecule has 0 spiro atoms. The maximum Gasteiger partial charge on any atom is 0.153 e. The summed E-state index contributed by atoms with van der Waals surface area (Å²) in [5, 5.41) is 3.01. The molecule has 0 radical (unpaired) electrons. The van der Waals surface area contributed by atoms with Gasteiger partial charge in [0, 0.05) is 13.7 Å². The number of rotatable bonds is 8. The van der Waals surface area contributed by atoms with Gasteiger partial charge in [0.15, 0.2) is 9.84 Å². The number of nitrogens with one attached hydrogen (secondary N) is 1. The van der Waals surface area contributed by atoms with Gasteiger partial charge in [0.25, 0.3) is 0 Å². The van der Waals surface area contributed by atoms with Gasteiger partial charge in [-0.05, 0) is 12.1 Å². The number of sulfone groups is 1. The highest BCUT2D eigenvalue weighted by atomic mass is 32.2. The fourth-order valence-corrected chi connectivity index (χ4v) is 2.24. The predicted octanol–water partition coefficient (Wildman–Crippen LogP) is 0.430. The van der Waals surface area contributed by atoms with Crippen LogP contribution in [0.15, 0.2) is 22.8 Å². The zero-order valence-electron chi connectivity index (χ0n) is 9.31. The molecule has 16 heavy (non-hydrogen) atoms. The molecule has 0 bridgehead atoms. The van der Waals surface area contributed by atoms with Gasteiger partial charge >= 0.3 is 0 Å². The number of hydrogen-bond donors (Lipinski definition) is 1. The van der Waals surface area contributed by atoms with E-state index in [1.54, 1.807) is 12.3 Å². The Morgan fingerprint density at radius 2 is 2.25 bits per heavy atom. The average Bonchev–Trinajstić information content (AvgIpc) is 2.75. The molecule has 0 aromatic carbocycles. The minimum atomic E-state index is -3.00. The first kappa shape index (κ1) is 13.2. The zero-order chi connectivity index (χ0) is 11.9. The summed E-state index contributed by atoms with van der Waals surface area (Å²) in [6.07, 6.45) is 1.59. The van der Waals surface area contributed by atoms with Gasteiger partial charge in [-0.15, -0.1) is 0 Å². The van der Waals surface area contributed by atoms with Crippen molar-refractivity contribution in [3.63, 3.8) is 0 Å². The van der Waals surface area contributed by atoms with Crippen molar-refractivity contribution in [2.24, 2.45) is 0 Å². The molecular formula is C10H17NO4S. The third-order valence-electron chi connectivity index (χ3n) is 2.07. The number of furan rings is 1. The predicted molar refractivity (Wildman–Crippen MR) is 60.9 cm³/mol. The van der Waals surface area contributed by atoms with E-state index in [1.165, 1.54) is 7.11 Å². The summed E-state index contributed by atoms with van der Waals surface area (Å²) in [4.78, 5) is 0. The van der Waals surface area contributed by atoms with Crippen LogP contribution >= 0.6 is 0 Å². The van der Waals surface area contributed by atoms with Crippen LogP contribution in [0.4, 0.5) is 0 Å². The topological polar surface area (TPSA) is 68.5 Å². The normalized spacial score (nSPS) is 11.8. The molecular weight excluding hydrogens is 230 g/mol. The Morgan fingerprint density at radius 3 is 2.88 bits per heavy atom. The monoisotopic (exact) mass is 247 g/mol. The first-order chi connectivity index (χ1) is 7.64. The second-order valence-electron chi connectivity index (χ2n) is 3.40. The summed E-state index contributed by atoms with van der Waals surface area (Å²) in [6, 6.07) is 3.64. The highest BCUT2D eigenvalue weighted by Crippen LogP contribution is 1.98. The van der Waals surface area contributed by atoms with Crippen molar-refractivity contribution in [1.82, 2.24) is 5.32 Å². The molecule has 6 heteroatoms. The largest absolute Gasteiger partial charge is 0.468 e. The molecule has 5 nitrogen and oxygen atoms in total. The first-order valence-corrected chi connectivity index (χ1v) is 6.88. The van der Waals surface area contributed by atoms with Gasteiger partial charge in [-0.2, -0.15) is 0 Å². The number of hydrogen-bond acceptors (Lipinski definition) is 5. The van der Waals surface area contributed by atoms with Crippen molar-refractivity contribution in [2.75, 3.05) is 31.8 Å². The standard InChI is InChI=1S/C10H17NO4S/c1-14-6-8-16(12,13)7-4-11-9-10-3-2-5-15-10/h2-3,5,11H,4,6-9H2,1H3. The molecule has 0 saturated heterocycles. The molecule has 92 valence electrons. The van der Waals surface area contributed by atoms with E-state index in [4.69, 9.17) is 9.15 Å². The van der Waals surface area contributed by atoms with Crippen LogP contribution in [-0.2, 0) is 21.1 Å². The molecule has 1 N–H and O–H groups in total. The lowest BCUT2D eigenvalue weighted by Gasteiger charge is -2.04. The fraction of sp³-hybridized carbons (Fsp3) is 0.600. The van der Waals surface area contributed by atoms with E-state index in [1.807, 2.05) is 6.07 Å². The van der Waals surface area contributed by atoms with Gasteiger partial charge in [-0.3, -0.25) is 0 Å². The molecule has 0 fully saturated rings. The number of ether oxygens (including phenoxy) is 1. The summed E-state index contributed by atoms with van der Waals surface area (Å²) in [6.45, 7) is 1.22. The third-order valence-corrected chi connectivity index (χ3v) is 3.68. The van der Waals surface area contributed by atoms with E-state index >= 15 is 0 Å². The molecule has 0 aliphatic carbocycles. The Labute approximate surface area is 95.7 Å². The smallest absolute Gasteiger partial charge is 0.153 e. The quantitative estimate of drug-likeness (QED) is 0.675. The van der Waals surface area contributed by atoms with Crippen molar-refractivity contribution in [3.8, 4) is 0 Å². The van der Waals surface area contributed by atoms with Crippen molar-refractivity contribution < 1.29 is 17.6 Å². The van der Waals surface area contributed by atoms with Crippen LogP contribution in [0.2, 0.25) is 0 Å². The molecule has 1 rings (SSSR count). The lowest BCUT2D eigenvalue weighted by Crippen LogP contribution is -2.25. The maximum atomic E-state index is 11.4. The van der Waals surface area contributed by atoms with Gasteiger partial charge in [-0.25, -0.2) is 8.42 Å². The van der Waals surface area contributed by atoms with E-state index < -0.39 is 9.84 Å². The fourth-order valence-electron chi connectivity index (χ4n) is 1.16. The van der Waals surface area contributed by atoms with Crippen LogP contribution in [-0.4, -0.2) is 40.2 Å². The van der Waals surface area contributed by atoms with Crippen molar-refractivity contribution in [2.45, 2.75) is 6.54 Å². The van der Waals surface area contributed by atoms with Gasteiger partial charge in [-0.1, -0.05) is 0 Å². The average molecular weight is 247 g/mol. The van der Waals surface area contributed by atoms with Crippen molar-refractivity contribution in [3.05, 3.63) is 24.2 Å². The van der Waals surface area contributed by atoms with E-state index in [2.05, 4.69) is 5.32 Å². The molecule has 0 atom stereocenters. The SMILES string of the molecule is COCCS(=O)(=O)CCNCc1ccco1. The summed E-state index contributed by atoms with van der Waals surface area (Å²) in [5.41, 5.74) is 0. The van der Waals surface area contributed by atoms with Crippen LogP contribution in [0.1, 0.15) is 5.76 Å². The minimum absolute atomic E-state index is 0.0753. The lowest BCUT2D eigenvalue weighted by atomic mass is 10.4. The maximum absolute atomic E-state index is 11.4. The van der Waals surface area contributed by atoms with Crippen LogP contribution in [0.25, 0.3) is 0 Å². The van der Waals surface area contributed by atoms with Crippen molar-refractivity contribution in [1.29, 1.82) is 0 Å². The minimum Gasteiger partial charge on any atom is -0.468 e. The van der Waals surface area contributed by atoms with Crippen LogP contribution in [0.5, 0.6) is 0 Å².